The first-order valence-electron chi connectivity index (χ1n) is 7.45. The van der Waals surface area contributed by atoms with Crippen LogP contribution in [0, 0.1) is 0 Å². The van der Waals surface area contributed by atoms with E-state index in [-0.39, 0.29) is 23.8 Å². The molecule has 1 amide bonds. The molecule has 134 valence electrons. The molecule has 0 aliphatic rings. The van der Waals surface area contributed by atoms with Crippen LogP contribution in [0.2, 0.25) is 0 Å². The molecule has 0 fully saturated rings. The second kappa shape index (κ2) is 6.87. The number of benzene rings is 1. The Bertz CT molecular complexity index is 907. The lowest BCUT2D eigenvalue weighted by molar-refractivity contribution is -0.137. The van der Waals surface area contributed by atoms with Crippen molar-refractivity contribution < 1.29 is 22.4 Å². The molecule has 3 N–H and O–H groups in total. The molecule has 0 aliphatic carbocycles. The predicted octanol–water partition coefficient (Wildman–Crippen LogP) is 3.27. The highest BCUT2D eigenvalue weighted by molar-refractivity contribution is 5.98. The minimum Gasteiger partial charge on any atom is -0.461 e. The van der Waals surface area contributed by atoms with Crippen molar-refractivity contribution in [2.24, 2.45) is 0 Å². The molecule has 26 heavy (non-hydrogen) atoms. The molecule has 3 aromatic rings. The van der Waals surface area contributed by atoms with Crippen LogP contribution in [0.3, 0.4) is 0 Å². The average Bonchev–Trinajstić information content (AvgIpc) is 3.14. The van der Waals surface area contributed by atoms with Crippen molar-refractivity contribution in [2.75, 3.05) is 5.73 Å². The van der Waals surface area contributed by atoms with E-state index in [4.69, 9.17) is 10.2 Å². The van der Waals surface area contributed by atoms with E-state index < -0.39 is 17.6 Å². The molecule has 3 rings (SSSR count). The van der Waals surface area contributed by atoms with Gasteiger partial charge in [0.1, 0.15) is 5.82 Å². The van der Waals surface area contributed by atoms with Gasteiger partial charge < -0.3 is 15.5 Å². The highest BCUT2D eigenvalue weighted by Crippen LogP contribution is 2.29. The number of nitrogens with zero attached hydrogens (tertiary/aromatic N) is 2. The Morgan fingerprint density at radius 2 is 1.92 bits per heavy atom. The summed E-state index contributed by atoms with van der Waals surface area (Å²) in [5.41, 5.74) is 5.61. The largest absolute Gasteiger partial charge is 0.461 e. The Kier molecular flexibility index (Phi) is 4.61. The second-order valence-corrected chi connectivity index (χ2v) is 5.35. The molecule has 9 heteroatoms. The molecular formula is C17H13F3N4O2. The van der Waals surface area contributed by atoms with Crippen LogP contribution in [-0.4, -0.2) is 15.9 Å². The smallest absolute Gasteiger partial charge is 0.416 e. The lowest BCUT2D eigenvalue weighted by Gasteiger charge is -2.09. The summed E-state index contributed by atoms with van der Waals surface area (Å²) in [5.74, 6) is 0.0879. The molecule has 2 aromatic heterocycles. The van der Waals surface area contributed by atoms with Crippen molar-refractivity contribution in [3.8, 4) is 11.6 Å². The van der Waals surface area contributed by atoms with Gasteiger partial charge in [0.2, 0.25) is 0 Å². The fourth-order valence-corrected chi connectivity index (χ4v) is 2.18. The number of nitrogens with two attached hydrogens (primary N) is 1. The Morgan fingerprint density at radius 1 is 1.19 bits per heavy atom. The van der Waals surface area contributed by atoms with Gasteiger partial charge in [0.15, 0.2) is 11.6 Å². The number of carbonyl (C=O) groups is 1. The summed E-state index contributed by atoms with van der Waals surface area (Å²) in [6, 6.07) is 7.82. The van der Waals surface area contributed by atoms with Crippen LogP contribution in [-0.2, 0) is 12.7 Å². The minimum absolute atomic E-state index is 0.0312. The lowest BCUT2D eigenvalue weighted by atomic mass is 10.1. The number of nitrogens with one attached hydrogen (secondary N) is 1. The first-order valence-corrected chi connectivity index (χ1v) is 7.45. The monoisotopic (exact) mass is 362 g/mol. The number of carbonyl (C=O) groups excluding carboxylic acids is 1. The van der Waals surface area contributed by atoms with Gasteiger partial charge in [-0.05, 0) is 29.8 Å². The second-order valence-electron chi connectivity index (χ2n) is 5.35. The van der Waals surface area contributed by atoms with Crippen molar-refractivity contribution in [1.82, 2.24) is 15.3 Å². The Balaban J connectivity index is 1.67. The number of hydrogen-bond acceptors (Lipinski definition) is 5. The van der Waals surface area contributed by atoms with E-state index in [1.165, 1.54) is 24.6 Å². The van der Waals surface area contributed by atoms with Crippen molar-refractivity contribution >= 4 is 11.7 Å². The van der Waals surface area contributed by atoms with Crippen LogP contribution in [0.4, 0.5) is 19.0 Å². The van der Waals surface area contributed by atoms with Crippen LogP contribution in [0.1, 0.15) is 21.5 Å². The highest BCUT2D eigenvalue weighted by atomic mass is 19.4. The number of aromatic nitrogens is 2. The molecule has 0 saturated carbocycles. The van der Waals surface area contributed by atoms with Gasteiger partial charge in [-0.1, -0.05) is 12.1 Å². The molecule has 0 saturated heterocycles. The van der Waals surface area contributed by atoms with Crippen LogP contribution >= 0.6 is 0 Å². The van der Waals surface area contributed by atoms with Gasteiger partial charge in [-0.2, -0.15) is 13.2 Å². The maximum atomic E-state index is 12.5. The lowest BCUT2D eigenvalue weighted by Crippen LogP contribution is -2.24. The summed E-state index contributed by atoms with van der Waals surface area (Å²) >= 11 is 0. The Hall–Kier alpha value is -3.36. The molecule has 6 nitrogen and oxygen atoms in total. The Labute approximate surface area is 145 Å². The third kappa shape index (κ3) is 3.82. The fraction of sp³-hybridized carbons (Fsp3) is 0.118. The van der Waals surface area contributed by atoms with Gasteiger partial charge in [0.25, 0.3) is 5.91 Å². The summed E-state index contributed by atoms with van der Waals surface area (Å²) in [6.07, 6.45) is -1.68. The van der Waals surface area contributed by atoms with Crippen molar-refractivity contribution in [2.45, 2.75) is 12.7 Å². The average molecular weight is 362 g/mol. The predicted molar refractivity (Wildman–Crippen MR) is 86.8 cm³/mol. The van der Waals surface area contributed by atoms with E-state index in [9.17, 15) is 18.0 Å². The SMILES string of the molecule is Nc1nc(-c2ccco2)ncc1C(=O)NCc1ccc(C(F)(F)F)cc1. The zero-order valence-corrected chi connectivity index (χ0v) is 13.2. The number of rotatable bonds is 4. The summed E-state index contributed by atoms with van der Waals surface area (Å²) in [7, 11) is 0. The van der Waals surface area contributed by atoms with Crippen molar-refractivity contribution in [1.29, 1.82) is 0 Å². The van der Waals surface area contributed by atoms with Gasteiger partial charge in [-0.15, -0.1) is 0 Å². The third-order valence-corrected chi connectivity index (χ3v) is 3.54. The number of nitrogen functional groups attached to an aromatic ring is 1. The van der Waals surface area contributed by atoms with E-state index in [2.05, 4.69) is 15.3 Å². The number of hydrogen-bond donors (Lipinski definition) is 2. The molecule has 0 unspecified atom stereocenters. The molecule has 0 atom stereocenters. The first kappa shape index (κ1) is 17.5. The molecule has 2 heterocycles. The maximum Gasteiger partial charge on any atom is 0.416 e. The number of anilines is 1. The Morgan fingerprint density at radius 3 is 2.50 bits per heavy atom. The summed E-state index contributed by atoms with van der Waals surface area (Å²) in [5, 5.41) is 2.56. The van der Waals surface area contributed by atoms with Crippen LogP contribution in [0.5, 0.6) is 0 Å². The maximum absolute atomic E-state index is 12.5. The van der Waals surface area contributed by atoms with Gasteiger partial charge in [0, 0.05) is 12.7 Å². The first-order chi connectivity index (χ1) is 12.3. The molecule has 0 bridgehead atoms. The summed E-state index contributed by atoms with van der Waals surface area (Å²) in [6.45, 7) is 0.0380. The third-order valence-electron chi connectivity index (χ3n) is 3.54. The number of halogens is 3. The van der Waals surface area contributed by atoms with Crippen molar-refractivity contribution in [3.63, 3.8) is 0 Å². The minimum atomic E-state index is -4.40. The van der Waals surface area contributed by atoms with Gasteiger partial charge in [0.05, 0.1) is 17.4 Å². The van der Waals surface area contributed by atoms with Gasteiger partial charge in [-0.3, -0.25) is 4.79 Å². The molecule has 0 radical (unpaired) electrons. The number of furan rings is 1. The molecular weight excluding hydrogens is 349 g/mol. The van der Waals surface area contributed by atoms with E-state index in [0.29, 0.717) is 11.3 Å². The molecule has 0 aliphatic heterocycles. The van der Waals surface area contributed by atoms with E-state index in [1.54, 1.807) is 12.1 Å². The van der Waals surface area contributed by atoms with Crippen LogP contribution in [0.25, 0.3) is 11.6 Å². The highest BCUT2D eigenvalue weighted by Gasteiger charge is 2.29. The standard InChI is InChI=1S/C17H13F3N4O2/c18-17(19,20)11-5-3-10(4-6-11)8-23-16(25)12-9-22-15(24-14(12)21)13-2-1-7-26-13/h1-7,9H,8H2,(H,23,25)(H2,21,22,24). The van der Waals surface area contributed by atoms with Crippen molar-refractivity contribution in [3.05, 3.63) is 65.5 Å². The van der Waals surface area contributed by atoms with E-state index >= 15 is 0 Å². The van der Waals surface area contributed by atoms with E-state index in [0.717, 1.165) is 12.1 Å². The normalized spacial score (nSPS) is 11.3. The quantitative estimate of drug-likeness (QED) is 0.743. The number of alkyl halides is 3. The van der Waals surface area contributed by atoms with Crippen LogP contribution < -0.4 is 11.1 Å². The fourth-order valence-electron chi connectivity index (χ4n) is 2.18. The topological polar surface area (TPSA) is 94.0 Å². The van der Waals surface area contributed by atoms with Gasteiger partial charge in [-0.25, -0.2) is 9.97 Å². The molecule has 0 spiro atoms. The number of amides is 1. The summed E-state index contributed by atoms with van der Waals surface area (Å²) < 4.78 is 42.7. The summed E-state index contributed by atoms with van der Waals surface area (Å²) in [4.78, 5) is 20.2. The zero-order chi connectivity index (χ0) is 18.7. The van der Waals surface area contributed by atoms with E-state index in [1.807, 2.05) is 0 Å². The molecule has 1 aromatic carbocycles. The van der Waals surface area contributed by atoms with Crippen LogP contribution in [0.15, 0.2) is 53.3 Å². The zero-order valence-electron chi connectivity index (χ0n) is 13.2. The van der Waals surface area contributed by atoms with Gasteiger partial charge >= 0.3 is 6.18 Å².